The van der Waals surface area contributed by atoms with Gasteiger partial charge in [-0.05, 0) is 55.0 Å². The van der Waals surface area contributed by atoms with Crippen molar-refractivity contribution in [3.63, 3.8) is 0 Å². The van der Waals surface area contributed by atoms with Gasteiger partial charge in [-0.3, -0.25) is 4.79 Å². The molecule has 0 saturated heterocycles. The number of rotatable bonds is 4. The van der Waals surface area contributed by atoms with Gasteiger partial charge in [-0.2, -0.15) is 4.98 Å². The van der Waals surface area contributed by atoms with Crippen LogP contribution in [0.3, 0.4) is 0 Å². The van der Waals surface area contributed by atoms with Gasteiger partial charge in [0.25, 0.3) is 11.8 Å². The number of halogens is 1. The highest BCUT2D eigenvalue weighted by Gasteiger charge is 2.26. The van der Waals surface area contributed by atoms with Gasteiger partial charge in [0.2, 0.25) is 5.82 Å². The first-order chi connectivity index (χ1) is 15.6. The Bertz CT molecular complexity index is 1350. The summed E-state index contributed by atoms with van der Waals surface area (Å²) in [7, 11) is 0. The number of benzene rings is 3. The summed E-state index contributed by atoms with van der Waals surface area (Å²) in [5.41, 5.74) is 3.28. The molecular weight excluding hydrogens is 442 g/mol. The van der Waals surface area contributed by atoms with E-state index < -0.39 is 0 Å². The second-order valence-electron chi connectivity index (χ2n) is 7.14. The Hall–Kier alpha value is -3.35. The van der Waals surface area contributed by atoms with Gasteiger partial charge in [-0.25, -0.2) is 0 Å². The Balaban J connectivity index is 1.48. The van der Waals surface area contributed by atoms with E-state index in [4.69, 9.17) is 16.1 Å². The van der Waals surface area contributed by atoms with Crippen LogP contribution in [-0.2, 0) is 0 Å². The molecule has 0 unspecified atom stereocenters. The number of aromatic nitrogens is 2. The number of hydrogen-bond acceptors (Lipinski definition) is 5. The minimum atomic E-state index is 0.00802. The molecule has 1 aliphatic rings. The molecule has 0 spiro atoms. The molecule has 1 amide bonds. The largest absolute Gasteiger partial charge is 0.334 e. The molecule has 5 rings (SSSR count). The lowest BCUT2D eigenvalue weighted by molar-refractivity contribution is 0.0985. The van der Waals surface area contributed by atoms with Gasteiger partial charge in [0.15, 0.2) is 0 Å². The summed E-state index contributed by atoms with van der Waals surface area (Å²) in [6, 6.07) is 21.1. The number of amides is 1. The minimum absolute atomic E-state index is 0.00802. The zero-order valence-corrected chi connectivity index (χ0v) is 18.7. The molecule has 0 N–H and O–H groups in total. The van der Waals surface area contributed by atoms with E-state index in [0.717, 1.165) is 26.6 Å². The Labute approximate surface area is 194 Å². The van der Waals surface area contributed by atoms with Crippen LogP contribution in [0.2, 0.25) is 5.02 Å². The predicted molar refractivity (Wildman–Crippen MR) is 128 cm³/mol. The number of nitrogens with zero attached hydrogens (tertiary/aromatic N) is 3. The van der Waals surface area contributed by atoms with Crippen molar-refractivity contribution in [3.8, 4) is 11.4 Å². The van der Waals surface area contributed by atoms with Gasteiger partial charge >= 0.3 is 0 Å². The molecular formula is C25H18ClN3O2S. The molecule has 0 atom stereocenters. The maximum atomic E-state index is 13.1. The maximum Gasteiger partial charge on any atom is 0.259 e. The number of anilines is 1. The molecule has 0 aliphatic carbocycles. The molecule has 1 aliphatic heterocycles. The lowest BCUT2D eigenvalue weighted by Crippen LogP contribution is -2.30. The topological polar surface area (TPSA) is 59.2 Å². The quantitative estimate of drug-likeness (QED) is 0.340. The van der Waals surface area contributed by atoms with Crippen LogP contribution in [0.25, 0.3) is 23.5 Å². The van der Waals surface area contributed by atoms with Gasteiger partial charge in [0, 0.05) is 33.0 Å². The van der Waals surface area contributed by atoms with Crippen LogP contribution in [0, 0.1) is 0 Å². The molecule has 7 heteroatoms. The molecule has 0 bridgehead atoms. The number of hydrogen-bond donors (Lipinski definition) is 0. The van der Waals surface area contributed by atoms with E-state index in [9.17, 15) is 4.79 Å². The average molecular weight is 460 g/mol. The third-order valence-corrected chi connectivity index (χ3v) is 6.63. The van der Waals surface area contributed by atoms with Crippen molar-refractivity contribution < 1.29 is 9.32 Å². The molecule has 158 valence electrons. The molecule has 5 nitrogen and oxygen atoms in total. The van der Waals surface area contributed by atoms with Crippen molar-refractivity contribution in [2.75, 3.05) is 11.4 Å². The second-order valence-corrected chi connectivity index (χ2v) is 8.63. The van der Waals surface area contributed by atoms with Crippen molar-refractivity contribution in [3.05, 3.63) is 88.8 Å². The van der Waals surface area contributed by atoms with Crippen LogP contribution in [0.15, 0.2) is 81.0 Å². The Morgan fingerprint density at radius 2 is 1.84 bits per heavy atom. The summed E-state index contributed by atoms with van der Waals surface area (Å²) in [5.74, 6) is 0.881. The lowest BCUT2D eigenvalue weighted by atomic mass is 10.1. The highest BCUT2D eigenvalue weighted by molar-refractivity contribution is 7.99. The molecule has 3 aromatic carbocycles. The monoisotopic (exact) mass is 459 g/mol. The fraction of sp³-hybridized carbons (Fsp3) is 0.0800. The lowest BCUT2D eigenvalue weighted by Gasteiger charge is -2.21. The highest BCUT2D eigenvalue weighted by Crippen LogP contribution is 2.42. The first-order valence-electron chi connectivity index (χ1n) is 10.1. The standard InChI is InChI=1S/C25H18ClN3O2S/c1-2-29-20-13-11-17(15-22(20)32-21-10-6-4-8-18(21)25(29)30)24-27-23(31-28-24)14-12-16-7-3-5-9-19(16)26/h3-15H,2H2,1H3. The number of carbonyl (C=O) groups excluding carboxylic acids is 1. The Kier molecular flexibility index (Phi) is 5.55. The van der Waals surface area contributed by atoms with Crippen molar-refractivity contribution in [1.29, 1.82) is 0 Å². The molecule has 4 aromatic rings. The first-order valence-corrected chi connectivity index (χ1v) is 11.3. The third-order valence-electron chi connectivity index (χ3n) is 5.16. The fourth-order valence-corrected chi connectivity index (χ4v) is 4.89. The van der Waals surface area contributed by atoms with Crippen molar-refractivity contribution in [2.45, 2.75) is 16.7 Å². The van der Waals surface area contributed by atoms with Crippen LogP contribution in [-0.4, -0.2) is 22.6 Å². The normalized spacial score (nSPS) is 13.2. The first kappa shape index (κ1) is 20.5. The van der Waals surface area contributed by atoms with E-state index in [0.29, 0.717) is 28.8 Å². The maximum absolute atomic E-state index is 13.1. The number of fused-ring (bicyclic) bond motifs is 2. The van der Waals surface area contributed by atoms with Crippen LogP contribution < -0.4 is 4.90 Å². The second kappa shape index (κ2) is 8.65. The summed E-state index contributed by atoms with van der Waals surface area (Å²) >= 11 is 7.77. The van der Waals surface area contributed by atoms with Crippen molar-refractivity contribution in [2.24, 2.45) is 0 Å². The zero-order valence-electron chi connectivity index (χ0n) is 17.2. The van der Waals surface area contributed by atoms with E-state index in [-0.39, 0.29) is 5.91 Å². The van der Waals surface area contributed by atoms with Gasteiger partial charge in [-0.1, -0.05) is 58.9 Å². The van der Waals surface area contributed by atoms with Gasteiger partial charge < -0.3 is 9.42 Å². The minimum Gasteiger partial charge on any atom is -0.334 e. The van der Waals surface area contributed by atoms with E-state index in [1.165, 1.54) is 0 Å². The van der Waals surface area contributed by atoms with E-state index in [1.54, 1.807) is 22.7 Å². The average Bonchev–Trinajstić information content (AvgIpc) is 3.25. The summed E-state index contributed by atoms with van der Waals surface area (Å²) < 4.78 is 5.40. The van der Waals surface area contributed by atoms with Gasteiger partial charge in [-0.15, -0.1) is 0 Å². The highest BCUT2D eigenvalue weighted by atomic mass is 35.5. The number of carbonyl (C=O) groups is 1. The molecule has 2 heterocycles. The third kappa shape index (κ3) is 3.83. The molecule has 32 heavy (non-hydrogen) atoms. The summed E-state index contributed by atoms with van der Waals surface area (Å²) in [6.07, 6.45) is 3.58. The molecule has 0 radical (unpaired) electrons. The van der Waals surface area contributed by atoms with Crippen LogP contribution >= 0.6 is 23.4 Å². The predicted octanol–water partition coefficient (Wildman–Crippen LogP) is 6.69. The van der Waals surface area contributed by atoms with Gasteiger partial charge in [0.1, 0.15) is 0 Å². The van der Waals surface area contributed by atoms with E-state index >= 15 is 0 Å². The van der Waals surface area contributed by atoms with Crippen molar-refractivity contribution in [1.82, 2.24) is 10.1 Å². The fourth-order valence-electron chi connectivity index (χ4n) is 3.57. The van der Waals surface area contributed by atoms with Gasteiger partial charge in [0.05, 0.1) is 11.3 Å². The van der Waals surface area contributed by atoms with Crippen LogP contribution in [0.1, 0.15) is 28.7 Å². The summed E-state index contributed by atoms with van der Waals surface area (Å²) in [5, 5.41) is 4.79. The van der Waals surface area contributed by atoms with E-state index in [1.807, 2.05) is 79.7 Å². The summed E-state index contributed by atoms with van der Waals surface area (Å²) in [6.45, 7) is 2.56. The van der Waals surface area contributed by atoms with Crippen molar-refractivity contribution >= 4 is 47.1 Å². The molecule has 0 saturated carbocycles. The smallest absolute Gasteiger partial charge is 0.259 e. The van der Waals surface area contributed by atoms with Crippen LogP contribution in [0.5, 0.6) is 0 Å². The SMILES string of the molecule is CCN1C(=O)c2ccccc2Sc2cc(-c3noc(C=Cc4ccccc4Cl)n3)ccc21. The Morgan fingerprint density at radius 3 is 2.69 bits per heavy atom. The Morgan fingerprint density at radius 1 is 1.03 bits per heavy atom. The molecule has 0 fully saturated rings. The summed E-state index contributed by atoms with van der Waals surface area (Å²) in [4.78, 5) is 21.3. The van der Waals surface area contributed by atoms with Crippen LogP contribution in [0.4, 0.5) is 5.69 Å². The zero-order chi connectivity index (χ0) is 22.1. The van der Waals surface area contributed by atoms with E-state index in [2.05, 4.69) is 10.1 Å². The molecule has 1 aromatic heterocycles.